The van der Waals surface area contributed by atoms with E-state index in [-0.39, 0.29) is 30.1 Å². The van der Waals surface area contributed by atoms with Crippen LogP contribution >= 0.6 is 24.8 Å². The molecule has 1 heterocycles. The molecule has 4 nitrogen and oxygen atoms in total. The minimum Gasteiger partial charge on any atom is -0.388 e. The lowest BCUT2D eigenvalue weighted by atomic mass is 10.2. The minimum atomic E-state index is -3.17. The van der Waals surface area contributed by atoms with Crippen LogP contribution in [0.15, 0.2) is 29.2 Å². The van der Waals surface area contributed by atoms with Gasteiger partial charge in [-0.2, -0.15) is 0 Å². The third-order valence-electron chi connectivity index (χ3n) is 3.18. The van der Waals surface area contributed by atoms with Gasteiger partial charge in [0.05, 0.1) is 10.1 Å². The lowest BCUT2D eigenvalue weighted by molar-refractivity contribution is 0.496. The Hall–Kier alpha value is -0.490. The molecule has 2 N–H and O–H groups in total. The van der Waals surface area contributed by atoms with Crippen LogP contribution in [0.4, 0.5) is 5.69 Å². The summed E-state index contributed by atoms with van der Waals surface area (Å²) in [5.41, 5.74) is 0.833. The second-order valence-electron chi connectivity index (χ2n) is 4.27. The molecule has 0 unspecified atom stereocenters. The van der Waals surface area contributed by atoms with Crippen molar-refractivity contribution in [1.29, 1.82) is 0 Å². The molecule has 1 saturated heterocycles. The van der Waals surface area contributed by atoms with Gasteiger partial charge in [0.2, 0.25) is 0 Å². The number of halogens is 2. The van der Waals surface area contributed by atoms with E-state index < -0.39 is 9.84 Å². The van der Waals surface area contributed by atoms with Gasteiger partial charge in [-0.05, 0) is 44.1 Å². The van der Waals surface area contributed by atoms with Crippen molar-refractivity contribution in [1.82, 2.24) is 5.32 Å². The smallest absolute Gasteiger partial charge is 0.181 e. The summed E-state index contributed by atoms with van der Waals surface area (Å²) in [5.74, 6) is 0. The largest absolute Gasteiger partial charge is 0.388 e. The average Bonchev–Trinajstić information content (AvgIpc) is 2.40. The van der Waals surface area contributed by atoms with Gasteiger partial charge < -0.3 is 10.6 Å². The molecule has 1 fully saturated rings. The maximum atomic E-state index is 12.4. The number of anilines is 1. The second kappa shape index (κ2) is 7.94. The molecule has 0 bridgehead atoms. The summed E-state index contributed by atoms with van der Waals surface area (Å²) in [6.07, 6.45) is 1.40. The number of hydrogen-bond acceptors (Lipinski definition) is 4. The molecule has 19 heavy (non-hydrogen) atoms. The third-order valence-corrected chi connectivity index (χ3v) is 5.44. The second-order valence-corrected chi connectivity index (χ2v) is 6.50. The van der Waals surface area contributed by atoms with Crippen LogP contribution in [0.1, 0.15) is 12.8 Å². The molecule has 0 atom stereocenters. The van der Waals surface area contributed by atoms with Crippen molar-refractivity contribution >= 4 is 40.3 Å². The zero-order valence-electron chi connectivity index (χ0n) is 10.8. The number of rotatable bonds is 3. The lowest BCUT2D eigenvalue weighted by Gasteiger charge is -2.22. The summed E-state index contributed by atoms with van der Waals surface area (Å²) in [4.78, 5) is 0.427. The third kappa shape index (κ3) is 4.24. The van der Waals surface area contributed by atoms with Gasteiger partial charge in [0.15, 0.2) is 9.84 Å². The molecular weight excluding hydrogens is 307 g/mol. The first kappa shape index (κ1) is 18.5. The minimum absolute atomic E-state index is 0. The fraction of sp³-hybridized carbons (Fsp3) is 0.500. The van der Waals surface area contributed by atoms with Crippen LogP contribution in [0.5, 0.6) is 0 Å². The van der Waals surface area contributed by atoms with Gasteiger partial charge in [-0.1, -0.05) is 6.07 Å². The molecule has 1 aromatic carbocycles. The van der Waals surface area contributed by atoms with Crippen LogP contribution in [0.2, 0.25) is 0 Å². The fourth-order valence-electron chi connectivity index (χ4n) is 2.13. The molecule has 0 radical (unpaired) electrons. The zero-order valence-corrected chi connectivity index (χ0v) is 13.2. The summed E-state index contributed by atoms with van der Waals surface area (Å²) >= 11 is 0. The van der Waals surface area contributed by atoms with E-state index in [1.165, 1.54) is 0 Å². The first-order valence-corrected chi connectivity index (χ1v) is 7.41. The van der Waals surface area contributed by atoms with E-state index in [1.54, 1.807) is 25.2 Å². The normalized spacial score (nSPS) is 16.1. The molecular formula is C12H20Cl2N2O2S. The summed E-state index contributed by atoms with van der Waals surface area (Å²) < 4.78 is 24.8. The highest BCUT2D eigenvalue weighted by molar-refractivity contribution is 7.92. The number of benzene rings is 1. The van der Waals surface area contributed by atoms with Crippen molar-refractivity contribution in [2.45, 2.75) is 23.0 Å². The van der Waals surface area contributed by atoms with E-state index in [9.17, 15) is 8.42 Å². The zero-order chi connectivity index (χ0) is 12.3. The first-order chi connectivity index (χ1) is 8.14. The van der Waals surface area contributed by atoms with Gasteiger partial charge in [-0.25, -0.2) is 8.42 Å². The standard InChI is InChI=1S/C12H18N2O2S.2ClH/c1-13-10-3-2-4-12(9-10)17(15,16)11-5-7-14-8-6-11;;/h2-4,9,11,13-14H,5-8H2,1H3;2*1H. The van der Waals surface area contributed by atoms with Crippen molar-refractivity contribution in [3.8, 4) is 0 Å². The molecule has 7 heteroatoms. The topological polar surface area (TPSA) is 58.2 Å². The highest BCUT2D eigenvalue weighted by Gasteiger charge is 2.28. The molecule has 2 rings (SSSR count). The number of piperidine rings is 1. The molecule has 110 valence electrons. The predicted octanol–water partition coefficient (Wildman–Crippen LogP) is 2.10. The Kier molecular flexibility index (Phi) is 7.74. The maximum absolute atomic E-state index is 12.4. The quantitative estimate of drug-likeness (QED) is 0.893. The Morgan fingerprint density at radius 3 is 2.42 bits per heavy atom. The first-order valence-electron chi connectivity index (χ1n) is 5.87. The molecule has 1 aliphatic rings. The fourth-order valence-corrected chi connectivity index (χ4v) is 3.93. The van der Waals surface area contributed by atoms with Crippen LogP contribution in [-0.4, -0.2) is 33.8 Å². The van der Waals surface area contributed by atoms with Crippen LogP contribution in [0.3, 0.4) is 0 Å². The molecule has 0 aliphatic carbocycles. The number of hydrogen-bond donors (Lipinski definition) is 2. The predicted molar refractivity (Wildman–Crippen MR) is 83.6 cm³/mol. The summed E-state index contributed by atoms with van der Waals surface area (Å²) in [6.45, 7) is 1.57. The molecule has 1 aromatic rings. The van der Waals surface area contributed by atoms with Crippen molar-refractivity contribution < 1.29 is 8.42 Å². The summed E-state index contributed by atoms with van der Waals surface area (Å²) in [6, 6.07) is 7.02. The monoisotopic (exact) mass is 326 g/mol. The summed E-state index contributed by atoms with van der Waals surface area (Å²) in [5, 5.41) is 5.91. The van der Waals surface area contributed by atoms with Gasteiger partial charge in [-0.3, -0.25) is 0 Å². The highest BCUT2D eigenvalue weighted by Crippen LogP contribution is 2.24. The maximum Gasteiger partial charge on any atom is 0.181 e. The van der Waals surface area contributed by atoms with E-state index in [0.29, 0.717) is 17.7 Å². The van der Waals surface area contributed by atoms with E-state index >= 15 is 0 Å². The van der Waals surface area contributed by atoms with Gasteiger partial charge in [0, 0.05) is 12.7 Å². The Bertz CT molecular complexity index is 488. The van der Waals surface area contributed by atoms with Crippen molar-refractivity contribution in [2.75, 3.05) is 25.5 Å². The Balaban J connectivity index is 0.00000162. The highest BCUT2D eigenvalue weighted by atomic mass is 35.5. The Morgan fingerprint density at radius 1 is 1.21 bits per heavy atom. The van der Waals surface area contributed by atoms with E-state index in [4.69, 9.17) is 0 Å². The average molecular weight is 327 g/mol. The van der Waals surface area contributed by atoms with Crippen LogP contribution in [0, 0.1) is 0 Å². The van der Waals surface area contributed by atoms with Gasteiger partial charge in [0.1, 0.15) is 0 Å². The Morgan fingerprint density at radius 2 is 1.84 bits per heavy atom. The van der Waals surface area contributed by atoms with Gasteiger partial charge in [0.25, 0.3) is 0 Å². The van der Waals surface area contributed by atoms with Crippen LogP contribution in [0.25, 0.3) is 0 Å². The van der Waals surface area contributed by atoms with Crippen LogP contribution in [-0.2, 0) is 9.84 Å². The summed E-state index contributed by atoms with van der Waals surface area (Å²) in [7, 11) is -1.39. The number of sulfone groups is 1. The molecule has 0 spiro atoms. The molecule has 0 amide bonds. The van der Waals surface area contributed by atoms with Gasteiger partial charge in [-0.15, -0.1) is 24.8 Å². The SMILES string of the molecule is CNc1cccc(S(=O)(=O)C2CCNCC2)c1.Cl.Cl. The van der Waals surface area contributed by atoms with E-state index in [0.717, 1.165) is 18.8 Å². The van der Waals surface area contributed by atoms with Crippen molar-refractivity contribution in [2.24, 2.45) is 0 Å². The van der Waals surface area contributed by atoms with Crippen LogP contribution < -0.4 is 10.6 Å². The Labute approximate surface area is 127 Å². The van der Waals surface area contributed by atoms with Crippen molar-refractivity contribution in [3.05, 3.63) is 24.3 Å². The lowest BCUT2D eigenvalue weighted by Crippen LogP contribution is -2.35. The van der Waals surface area contributed by atoms with Crippen molar-refractivity contribution in [3.63, 3.8) is 0 Å². The number of nitrogens with one attached hydrogen (secondary N) is 2. The van der Waals surface area contributed by atoms with E-state index in [2.05, 4.69) is 10.6 Å². The molecule has 1 aliphatic heterocycles. The van der Waals surface area contributed by atoms with Gasteiger partial charge >= 0.3 is 0 Å². The molecule has 0 aromatic heterocycles. The molecule has 0 saturated carbocycles. The van der Waals surface area contributed by atoms with E-state index in [1.807, 2.05) is 6.07 Å².